The number of nitro groups is 1. The molecule has 0 saturated carbocycles. The van der Waals surface area contributed by atoms with Gasteiger partial charge < -0.3 is 5.32 Å². The van der Waals surface area contributed by atoms with Crippen molar-refractivity contribution in [3.8, 4) is 0 Å². The Labute approximate surface area is 63.0 Å². The summed E-state index contributed by atoms with van der Waals surface area (Å²) >= 11 is 0. The van der Waals surface area contributed by atoms with Crippen molar-refractivity contribution in [3.05, 3.63) is 16.3 Å². The first-order valence-corrected chi connectivity index (χ1v) is 3.01. The van der Waals surface area contributed by atoms with Crippen molar-refractivity contribution in [2.75, 3.05) is 12.4 Å². The lowest BCUT2D eigenvalue weighted by Crippen LogP contribution is -2.00. The Morgan fingerprint density at radius 2 is 2.45 bits per heavy atom. The summed E-state index contributed by atoms with van der Waals surface area (Å²) < 4.78 is 1.41. The second kappa shape index (κ2) is 2.57. The molecule has 60 valence electrons. The molecular weight excluding hydrogens is 148 g/mol. The van der Waals surface area contributed by atoms with E-state index in [4.69, 9.17) is 0 Å². The van der Waals surface area contributed by atoms with E-state index in [0.29, 0.717) is 5.82 Å². The second-order valence-corrected chi connectivity index (χ2v) is 2.01. The molecule has 6 heteroatoms. The Morgan fingerprint density at radius 3 is 2.82 bits per heavy atom. The summed E-state index contributed by atoms with van der Waals surface area (Å²) in [6.45, 7) is 0. The van der Waals surface area contributed by atoms with Gasteiger partial charge in [-0.05, 0) is 0 Å². The lowest BCUT2D eigenvalue weighted by Gasteiger charge is -1.97. The quantitative estimate of drug-likeness (QED) is 0.496. The molecule has 0 unspecified atom stereocenters. The van der Waals surface area contributed by atoms with Gasteiger partial charge in [0, 0.05) is 14.1 Å². The fourth-order valence-corrected chi connectivity index (χ4v) is 0.849. The monoisotopic (exact) mass is 156 g/mol. The molecule has 0 spiro atoms. The van der Waals surface area contributed by atoms with Gasteiger partial charge in [-0.2, -0.15) is 5.10 Å². The highest BCUT2D eigenvalue weighted by atomic mass is 16.6. The van der Waals surface area contributed by atoms with Gasteiger partial charge in [0.1, 0.15) is 6.20 Å². The number of rotatable bonds is 2. The first-order valence-electron chi connectivity index (χ1n) is 3.01. The van der Waals surface area contributed by atoms with Crippen LogP contribution in [0.25, 0.3) is 0 Å². The van der Waals surface area contributed by atoms with Crippen molar-refractivity contribution in [1.29, 1.82) is 0 Å². The summed E-state index contributed by atoms with van der Waals surface area (Å²) in [6.07, 6.45) is 1.21. The van der Waals surface area contributed by atoms with E-state index in [2.05, 4.69) is 10.4 Å². The van der Waals surface area contributed by atoms with Crippen LogP contribution < -0.4 is 5.32 Å². The molecule has 1 N–H and O–H groups in total. The molecule has 1 aromatic rings. The Hall–Kier alpha value is -1.59. The molecule has 1 aromatic heterocycles. The van der Waals surface area contributed by atoms with Crippen LogP contribution in [-0.4, -0.2) is 21.8 Å². The largest absolute Gasteiger partial charge is 0.368 e. The lowest BCUT2D eigenvalue weighted by atomic mass is 10.5. The van der Waals surface area contributed by atoms with Crippen LogP contribution in [0, 0.1) is 10.1 Å². The highest BCUT2D eigenvalue weighted by Crippen LogP contribution is 2.21. The summed E-state index contributed by atoms with van der Waals surface area (Å²) in [7, 11) is 3.25. The molecule has 11 heavy (non-hydrogen) atoms. The molecule has 1 rings (SSSR count). The van der Waals surface area contributed by atoms with Gasteiger partial charge in [-0.3, -0.25) is 10.1 Å². The third kappa shape index (κ3) is 1.14. The molecule has 0 radical (unpaired) electrons. The van der Waals surface area contributed by atoms with Crippen molar-refractivity contribution in [3.63, 3.8) is 0 Å². The van der Waals surface area contributed by atoms with E-state index in [-0.39, 0.29) is 5.69 Å². The zero-order valence-corrected chi connectivity index (χ0v) is 6.24. The topological polar surface area (TPSA) is 73.0 Å². The molecule has 0 aromatic carbocycles. The summed E-state index contributed by atoms with van der Waals surface area (Å²) in [5.74, 6) is 0.412. The second-order valence-electron chi connectivity index (χ2n) is 2.01. The van der Waals surface area contributed by atoms with E-state index in [9.17, 15) is 10.1 Å². The van der Waals surface area contributed by atoms with Gasteiger partial charge in [-0.1, -0.05) is 0 Å². The van der Waals surface area contributed by atoms with E-state index in [1.807, 2.05) is 0 Å². The Bertz CT molecular complexity index is 280. The van der Waals surface area contributed by atoms with Gasteiger partial charge in [0.25, 0.3) is 0 Å². The van der Waals surface area contributed by atoms with E-state index < -0.39 is 4.92 Å². The third-order valence-electron chi connectivity index (χ3n) is 1.35. The first-order chi connectivity index (χ1) is 5.16. The van der Waals surface area contributed by atoms with E-state index in [1.165, 1.54) is 10.9 Å². The number of nitrogens with zero attached hydrogens (tertiary/aromatic N) is 3. The van der Waals surface area contributed by atoms with Crippen LogP contribution in [0.2, 0.25) is 0 Å². The maximum atomic E-state index is 10.3. The maximum absolute atomic E-state index is 10.3. The van der Waals surface area contributed by atoms with E-state index in [0.717, 1.165) is 0 Å². The van der Waals surface area contributed by atoms with E-state index in [1.54, 1.807) is 14.1 Å². The number of hydrogen-bond acceptors (Lipinski definition) is 4. The van der Waals surface area contributed by atoms with Gasteiger partial charge >= 0.3 is 5.69 Å². The van der Waals surface area contributed by atoms with Gasteiger partial charge in [0.15, 0.2) is 0 Å². The molecule has 0 amide bonds. The summed E-state index contributed by atoms with van der Waals surface area (Å²) in [6, 6.07) is 0. The van der Waals surface area contributed by atoms with Crippen molar-refractivity contribution in [2.24, 2.45) is 7.05 Å². The van der Waals surface area contributed by atoms with Crippen molar-refractivity contribution in [1.82, 2.24) is 9.78 Å². The normalized spacial score (nSPS) is 9.64. The molecular formula is C5H8N4O2. The molecule has 1 heterocycles. The maximum Gasteiger partial charge on any atom is 0.330 e. The smallest absolute Gasteiger partial charge is 0.330 e. The number of aryl methyl sites for hydroxylation is 1. The van der Waals surface area contributed by atoms with Gasteiger partial charge in [0.05, 0.1) is 4.92 Å². The van der Waals surface area contributed by atoms with Crippen LogP contribution in [0.15, 0.2) is 6.20 Å². The summed E-state index contributed by atoms with van der Waals surface area (Å²) in [5, 5.41) is 16.7. The van der Waals surface area contributed by atoms with Crippen LogP contribution in [0.1, 0.15) is 0 Å². The van der Waals surface area contributed by atoms with Gasteiger partial charge in [-0.25, -0.2) is 4.68 Å². The van der Waals surface area contributed by atoms with Crippen LogP contribution in [-0.2, 0) is 7.05 Å². The molecule has 0 aliphatic rings. The standard InChI is InChI=1S/C5H8N4O2/c1-6-5-4(9(10)11)3-7-8(5)2/h3,6H,1-2H3. The lowest BCUT2D eigenvalue weighted by molar-refractivity contribution is -0.384. The van der Waals surface area contributed by atoms with Gasteiger partial charge in [-0.15, -0.1) is 0 Å². The van der Waals surface area contributed by atoms with Crippen LogP contribution in [0.4, 0.5) is 11.5 Å². The predicted molar refractivity (Wildman–Crippen MR) is 39.4 cm³/mol. The minimum absolute atomic E-state index is 0.00463. The van der Waals surface area contributed by atoms with Gasteiger partial charge in [0.2, 0.25) is 5.82 Å². The minimum Gasteiger partial charge on any atom is -0.368 e. The molecule has 0 saturated heterocycles. The molecule has 0 aliphatic heterocycles. The minimum atomic E-state index is -0.473. The highest BCUT2D eigenvalue weighted by molar-refractivity contribution is 5.54. The average molecular weight is 156 g/mol. The van der Waals surface area contributed by atoms with Crippen molar-refractivity contribution >= 4 is 11.5 Å². The Kier molecular flexibility index (Phi) is 1.75. The Morgan fingerprint density at radius 1 is 1.82 bits per heavy atom. The van der Waals surface area contributed by atoms with Crippen LogP contribution >= 0.6 is 0 Å². The zero-order valence-electron chi connectivity index (χ0n) is 6.24. The number of hydrogen-bond donors (Lipinski definition) is 1. The molecule has 0 fully saturated rings. The molecule has 0 bridgehead atoms. The summed E-state index contributed by atoms with van der Waals surface area (Å²) in [5.41, 5.74) is -0.00463. The number of nitrogens with one attached hydrogen (secondary N) is 1. The highest BCUT2D eigenvalue weighted by Gasteiger charge is 2.16. The third-order valence-corrected chi connectivity index (χ3v) is 1.35. The SMILES string of the molecule is CNc1c([N+](=O)[O-])cnn1C. The predicted octanol–water partition coefficient (Wildman–Crippen LogP) is 0.370. The first kappa shape index (κ1) is 7.52. The number of anilines is 1. The molecule has 6 nitrogen and oxygen atoms in total. The summed E-state index contributed by atoms with van der Waals surface area (Å²) in [4.78, 5) is 9.83. The number of aromatic nitrogens is 2. The van der Waals surface area contributed by atoms with E-state index >= 15 is 0 Å². The fourth-order valence-electron chi connectivity index (χ4n) is 0.849. The average Bonchev–Trinajstić information content (AvgIpc) is 2.30. The fraction of sp³-hybridized carbons (Fsp3) is 0.400. The zero-order chi connectivity index (χ0) is 8.43. The molecule has 0 aliphatic carbocycles. The van der Waals surface area contributed by atoms with Crippen LogP contribution in [0.3, 0.4) is 0 Å². The van der Waals surface area contributed by atoms with Crippen molar-refractivity contribution < 1.29 is 4.92 Å². The van der Waals surface area contributed by atoms with Crippen LogP contribution in [0.5, 0.6) is 0 Å². The Balaban J connectivity index is 3.15. The molecule has 0 atom stereocenters. The van der Waals surface area contributed by atoms with Crippen molar-refractivity contribution in [2.45, 2.75) is 0 Å².